The quantitative estimate of drug-likeness (QED) is 0.922. The van der Waals surface area contributed by atoms with Gasteiger partial charge in [-0.1, -0.05) is 22.0 Å². The van der Waals surface area contributed by atoms with E-state index < -0.39 is 0 Å². The van der Waals surface area contributed by atoms with Crippen LogP contribution >= 0.6 is 15.9 Å². The molecule has 1 aromatic carbocycles. The van der Waals surface area contributed by atoms with Gasteiger partial charge in [0, 0.05) is 16.9 Å². The molecule has 2 atom stereocenters. The molecule has 1 heterocycles. The first-order chi connectivity index (χ1) is 8.61. The van der Waals surface area contributed by atoms with Gasteiger partial charge in [-0.3, -0.25) is 4.79 Å². The maximum absolute atomic E-state index is 13.6. The van der Waals surface area contributed by atoms with Gasteiger partial charge < -0.3 is 10.1 Å². The molecule has 1 saturated heterocycles. The van der Waals surface area contributed by atoms with Crippen LogP contribution in [-0.4, -0.2) is 32.1 Å². The summed E-state index contributed by atoms with van der Waals surface area (Å²) < 4.78 is 19.6. The van der Waals surface area contributed by atoms with Crippen molar-refractivity contribution in [2.45, 2.75) is 12.5 Å². The normalized spacial score (nSPS) is 23.3. The van der Waals surface area contributed by atoms with E-state index in [2.05, 4.69) is 21.2 Å². The fourth-order valence-corrected chi connectivity index (χ4v) is 2.47. The largest absolute Gasteiger partial charge is 0.379 e. The van der Waals surface area contributed by atoms with Crippen molar-refractivity contribution in [2.24, 2.45) is 5.92 Å². The molecule has 1 aromatic rings. The van der Waals surface area contributed by atoms with Gasteiger partial charge in [0.2, 0.25) is 0 Å². The predicted molar refractivity (Wildman–Crippen MR) is 70.0 cm³/mol. The lowest BCUT2D eigenvalue weighted by molar-refractivity contribution is -0.122. The Morgan fingerprint density at radius 3 is 3.00 bits per heavy atom. The first-order valence-corrected chi connectivity index (χ1v) is 6.62. The fourth-order valence-electron chi connectivity index (χ4n) is 2.14. The Labute approximate surface area is 114 Å². The average molecular weight is 316 g/mol. The number of ether oxygens (including phenoxy) is 1. The van der Waals surface area contributed by atoms with Gasteiger partial charge in [-0.25, -0.2) is 4.39 Å². The summed E-state index contributed by atoms with van der Waals surface area (Å²) in [7, 11) is 1.81. The molecule has 1 fully saturated rings. The van der Waals surface area contributed by atoms with Gasteiger partial charge in [0.05, 0.1) is 19.1 Å². The number of rotatable bonds is 4. The van der Waals surface area contributed by atoms with E-state index in [1.54, 1.807) is 19.2 Å². The second-order valence-electron chi connectivity index (χ2n) is 4.42. The number of Topliss-reactive ketones (excluding diaryl/α,β-unsaturated/α-hetero) is 1. The van der Waals surface area contributed by atoms with Gasteiger partial charge in [-0.05, 0) is 24.7 Å². The smallest absolute Gasteiger partial charge is 0.144 e. The molecule has 0 bridgehead atoms. The van der Waals surface area contributed by atoms with Crippen LogP contribution in [0.1, 0.15) is 5.56 Å². The van der Waals surface area contributed by atoms with Gasteiger partial charge >= 0.3 is 0 Å². The molecule has 1 N–H and O–H groups in total. The summed E-state index contributed by atoms with van der Waals surface area (Å²) in [5.74, 6) is -0.510. The summed E-state index contributed by atoms with van der Waals surface area (Å²) in [6.45, 7) is 0.957. The van der Waals surface area contributed by atoms with Crippen LogP contribution in [-0.2, 0) is 16.0 Å². The van der Waals surface area contributed by atoms with E-state index in [0.717, 1.165) is 0 Å². The monoisotopic (exact) mass is 315 g/mol. The van der Waals surface area contributed by atoms with Crippen LogP contribution in [0.4, 0.5) is 4.39 Å². The van der Waals surface area contributed by atoms with Crippen molar-refractivity contribution >= 4 is 21.7 Å². The minimum absolute atomic E-state index is 0.0214. The lowest BCUT2D eigenvalue weighted by Crippen LogP contribution is -2.37. The average Bonchev–Trinajstić information content (AvgIpc) is 2.81. The zero-order chi connectivity index (χ0) is 13.1. The Balaban J connectivity index is 2.07. The van der Waals surface area contributed by atoms with E-state index >= 15 is 0 Å². The molecule has 1 aliphatic rings. The first-order valence-electron chi connectivity index (χ1n) is 5.83. The van der Waals surface area contributed by atoms with Crippen molar-refractivity contribution in [3.63, 3.8) is 0 Å². The number of ketones is 1. The third kappa shape index (κ3) is 2.96. The van der Waals surface area contributed by atoms with Crippen molar-refractivity contribution in [2.75, 3.05) is 20.3 Å². The highest BCUT2D eigenvalue weighted by atomic mass is 79.9. The number of carbonyl (C=O) groups excluding carboxylic acids is 1. The minimum atomic E-state index is -0.349. The van der Waals surface area contributed by atoms with Crippen molar-refractivity contribution in [1.29, 1.82) is 0 Å². The SMILES string of the molecule is CNC1COCC1C(=O)Cc1ccc(Br)cc1F. The third-order valence-corrected chi connectivity index (χ3v) is 3.74. The van der Waals surface area contributed by atoms with Gasteiger partial charge in [0.1, 0.15) is 11.6 Å². The van der Waals surface area contributed by atoms with Gasteiger partial charge in [0.25, 0.3) is 0 Å². The van der Waals surface area contributed by atoms with E-state index in [0.29, 0.717) is 23.2 Å². The van der Waals surface area contributed by atoms with E-state index in [-0.39, 0.29) is 30.0 Å². The number of likely N-dealkylation sites (N-methyl/N-ethyl adjacent to an activating group) is 1. The van der Waals surface area contributed by atoms with Crippen LogP contribution in [0.2, 0.25) is 0 Å². The standard InChI is InChI=1S/C13H15BrFNO2/c1-16-12-7-18-6-10(12)13(17)4-8-2-3-9(14)5-11(8)15/h2-3,5,10,12,16H,4,6-7H2,1H3. The second kappa shape index (κ2) is 5.91. The van der Waals surface area contributed by atoms with Gasteiger partial charge in [-0.2, -0.15) is 0 Å². The molecular formula is C13H15BrFNO2. The maximum Gasteiger partial charge on any atom is 0.144 e. The molecule has 3 nitrogen and oxygen atoms in total. The van der Waals surface area contributed by atoms with Gasteiger partial charge in [-0.15, -0.1) is 0 Å². The molecule has 0 saturated carbocycles. The Kier molecular flexibility index (Phi) is 4.48. The van der Waals surface area contributed by atoms with Crippen molar-refractivity contribution in [3.05, 3.63) is 34.1 Å². The number of hydrogen-bond acceptors (Lipinski definition) is 3. The Morgan fingerprint density at radius 2 is 2.33 bits per heavy atom. The number of carbonyl (C=O) groups is 1. The summed E-state index contributed by atoms with van der Waals surface area (Å²) in [5, 5.41) is 3.06. The molecule has 18 heavy (non-hydrogen) atoms. The third-order valence-electron chi connectivity index (χ3n) is 3.24. The highest BCUT2D eigenvalue weighted by Crippen LogP contribution is 2.20. The van der Waals surface area contributed by atoms with Crippen LogP contribution in [0.25, 0.3) is 0 Å². The molecule has 5 heteroatoms. The minimum Gasteiger partial charge on any atom is -0.379 e. The van der Waals surface area contributed by atoms with E-state index in [4.69, 9.17) is 4.74 Å². The van der Waals surface area contributed by atoms with Gasteiger partial charge in [0.15, 0.2) is 0 Å². The van der Waals surface area contributed by atoms with Crippen molar-refractivity contribution in [1.82, 2.24) is 5.32 Å². The predicted octanol–water partition coefficient (Wildman–Crippen LogP) is 1.93. The van der Waals surface area contributed by atoms with Crippen LogP contribution < -0.4 is 5.32 Å². The van der Waals surface area contributed by atoms with Crippen LogP contribution in [0, 0.1) is 11.7 Å². The Morgan fingerprint density at radius 1 is 1.56 bits per heavy atom. The summed E-state index contributed by atoms with van der Waals surface area (Å²) in [4.78, 5) is 12.1. The zero-order valence-corrected chi connectivity index (χ0v) is 11.7. The summed E-state index contributed by atoms with van der Waals surface area (Å²) in [6.07, 6.45) is 0.116. The summed E-state index contributed by atoms with van der Waals surface area (Å²) in [6, 6.07) is 4.80. The van der Waals surface area contributed by atoms with Crippen LogP contribution in [0.5, 0.6) is 0 Å². The zero-order valence-electron chi connectivity index (χ0n) is 10.1. The number of halogens is 2. The van der Waals surface area contributed by atoms with Crippen LogP contribution in [0.15, 0.2) is 22.7 Å². The highest BCUT2D eigenvalue weighted by molar-refractivity contribution is 9.10. The maximum atomic E-state index is 13.6. The molecule has 0 aromatic heterocycles. The molecule has 0 radical (unpaired) electrons. The number of benzene rings is 1. The second-order valence-corrected chi connectivity index (χ2v) is 5.33. The molecule has 2 rings (SSSR count). The van der Waals surface area contributed by atoms with Crippen molar-refractivity contribution < 1.29 is 13.9 Å². The molecule has 98 valence electrons. The summed E-state index contributed by atoms with van der Waals surface area (Å²) >= 11 is 3.19. The van der Waals surface area contributed by atoms with E-state index in [9.17, 15) is 9.18 Å². The number of nitrogens with one attached hydrogen (secondary N) is 1. The topological polar surface area (TPSA) is 38.3 Å². The lowest BCUT2D eigenvalue weighted by atomic mass is 9.94. The molecule has 0 amide bonds. The highest BCUT2D eigenvalue weighted by Gasteiger charge is 2.32. The Bertz CT molecular complexity index is 453. The fraction of sp³-hybridized carbons (Fsp3) is 0.462. The van der Waals surface area contributed by atoms with Crippen LogP contribution in [0.3, 0.4) is 0 Å². The van der Waals surface area contributed by atoms with E-state index in [1.807, 2.05) is 0 Å². The summed E-state index contributed by atoms with van der Waals surface area (Å²) in [5.41, 5.74) is 0.435. The molecule has 1 aliphatic heterocycles. The molecular weight excluding hydrogens is 301 g/mol. The van der Waals surface area contributed by atoms with Crippen molar-refractivity contribution in [3.8, 4) is 0 Å². The lowest BCUT2D eigenvalue weighted by Gasteiger charge is -2.15. The number of hydrogen-bond donors (Lipinski definition) is 1. The Hall–Kier alpha value is -0.780. The molecule has 2 unspecified atom stereocenters. The first kappa shape index (κ1) is 13.6. The molecule has 0 aliphatic carbocycles. The molecule has 0 spiro atoms. The van der Waals surface area contributed by atoms with E-state index in [1.165, 1.54) is 6.07 Å².